The van der Waals surface area contributed by atoms with Crippen molar-refractivity contribution >= 4 is 21.6 Å². The Bertz CT molecular complexity index is 611. The molecule has 1 aromatic carbocycles. The third kappa shape index (κ3) is 2.61. The molecule has 0 aromatic heterocycles. The van der Waals surface area contributed by atoms with E-state index in [1.54, 1.807) is 0 Å². The van der Waals surface area contributed by atoms with Crippen molar-refractivity contribution in [3.8, 4) is 0 Å². The molecule has 1 aliphatic rings. The van der Waals surface area contributed by atoms with Crippen LogP contribution in [-0.4, -0.2) is 50.0 Å². The number of carbonyl (C=O) groups is 1. The van der Waals surface area contributed by atoms with Crippen LogP contribution in [0.1, 0.15) is 10.4 Å². The Kier molecular flexibility index (Phi) is 4.23. The highest BCUT2D eigenvalue weighted by Gasteiger charge is 2.30. The van der Waals surface area contributed by atoms with E-state index >= 15 is 0 Å². The highest BCUT2D eigenvalue weighted by atomic mass is 32.2. The smallest absolute Gasteiger partial charge is 0.278 e. The van der Waals surface area contributed by atoms with Crippen molar-refractivity contribution in [3.05, 3.63) is 23.8 Å². The molecule has 1 amide bonds. The number of nitrogens with zero attached hydrogens (tertiary/aromatic N) is 1. The van der Waals surface area contributed by atoms with Crippen molar-refractivity contribution in [2.45, 2.75) is 4.90 Å². The fourth-order valence-corrected chi connectivity index (χ4v) is 3.75. The summed E-state index contributed by atoms with van der Waals surface area (Å²) in [5.41, 5.74) is 6.83. The van der Waals surface area contributed by atoms with Crippen molar-refractivity contribution in [2.24, 2.45) is 0 Å². The molecule has 20 heavy (non-hydrogen) atoms. The first kappa shape index (κ1) is 14.7. The fourth-order valence-electron chi connectivity index (χ4n) is 2.09. The second kappa shape index (κ2) is 5.75. The van der Waals surface area contributed by atoms with Crippen LogP contribution < -0.4 is 16.5 Å². The fraction of sp³-hybridized carbons (Fsp3) is 0.364. The number of sulfonamides is 1. The number of benzene rings is 1. The number of rotatable bonds is 3. The van der Waals surface area contributed by atoms with Crippen LogP contribution in [-0.2, 0) is 10.0 Å². The van der Waals surface area contributed by atoms with Crippen LogP contribution in [0.2, 0.25) is 0 Å². The van der Waals surface area contributed by atoms with Crippen LogP contribution in [0.15, 0.2) is 23.1 Å². The van der Waals surface area contributed by atoms with E-state index in [0.29, 0.717) is 26.2 Å². The summed E-state index contributed by atoms with van der Waals surface area (Å²) in [5, 5.41) is 11.8. The second-order valence-electron chi connectivity index (χ2n) is 4.32. The van der Waals surface area contributed by atoms with Crippen LogP contribution in [0.3, 0.4) is 0 Å². The Hall–Kier alpha value is -1.68. The molecule has 0 aliphatic carbocycles. The molecule has 1 aliphatic heterocycles. The monoisotopic (exact) mass is 300 g/mol. The molecule has 5 N–H and O–H groups in total. The van der Waals surface area contributed by atoms with E-state index in [0.717, 1.165) is 0 Å². The Morgan fingerprint density at radius 1 is 1.35 bits per heavy atom. The van der Waals surface area contributed by atoms with Crippen molar-refractivity contribution in [1.29, 1.82) is 0 Å². The van der Waals surface area contributed by atoms with Gasteiger partial charge in [-0.25, -0.2) is 13.9 Å². The molecule has 9 heteroatoms. The highest BCUT2D eigenvalue weighted by Crippen LogP contribution is 2.25. The lowest BCUT2D eigenvalue weighted by Gasteiger charge is -2.27. The number of hydroxylamine groups is 1. The summed E-state index contributed by atoms with van der Waals surface area (Å²) in [4.78, 5) is 11.4. The number of piperazine rings is 1. The SMILES string of the molecule is Nc1cccc(S(=O)(=O)N2CCNCC2)c1C(=O)NO. The van der Waals surface area contributed by atoms with Gasteiger partial charge in [-0.2, -0.15) is 4.31 Å². The van der Waals surface area contributed by atoms with Crippen LogP contribution >= 0.6 is 0 Å². The average Bonchev–Trinajstić information content (AvgIpc) is 2.47. The minimum atomic E-state index is -3.83. The number of nitrogens with two attached hydrogens (primary N) is 1. The average molecular weight is 300 g/mol. The lowest BCUT2D eigenvalue weighted by Crippen LogP contribution is -2.46. The summed E-state index contributed by atoms with van der Waals surface area (Å²) >= 11 is 0. The lowest BCUT2D eigenvalue weighted by molar-refractivity contribution is 0.0703. The summed E-state index contributed by atoms with van der Waals surface area (Å²) in [6.45, 7) is 1.72. The predicted octanol–water partition coefficient (Wildman–Crippen LogP) is -1.02. The van der Waals surface area contributed by atoms with Crippen molar-refractivity contribution in [1.82, 2.24) is 15.1 Å². The molecule has 0 atom stereocenters. The van der Waals surface area contributed by atoms with E-state index in [1.807, 2.05) is 0 Å². The molecular weight excluding hydrogens is 284 g/mol. The third-order valence-corrected chi connectivity index (χ3v) is 5.02. The number of anilines is 1. The zero-order valence-corrected chi connectivity index (χ0v) is 11.5. The molecule has 1 fully saturated rings. The molecule has 110 valence electrons. The van der Waals surface area contributed by atoms with Gasteiger partial charge in [0.25, 0.3) is 5.91 Å². The van der Waals surface area contributed by atoms with Crippen LogP contribution in [0.4, 0.5) is 5.69 Å². The van der Waals surface area contributed by atoms with Crippen LogP contribution in [0, 0.1) is 0 Å². The van der Waals surface area contributed by atoms with E-state index in [1.165, 1.54) is 28.0 Å². The molecule has 1 saturated heterocycles. The van der Waals surface area contributed by atoms with Gasteiger partial charge in [-0.3, -0.25) is 10.0 Å². The van der Waals surface area contributed by atoms with Gasteiger partial charge in [-0.1, -0.05) is 6.07 Å². The van der Waals surface area contributed by atoms with Gasteiger partial charge < -0.3 is 11.1 Å². The minimum Gasteiger partial charge on any atom is -0.398 e. The lowest BCUT2D eigenvalue weighted by atomic mass is 10.2. The van der Waals surface area contributed by atoms with Gasteiger partial charge in [0.05, 0.1) is 10.5 Å². The predicted molar refractivity (Wildman–Crippen MR) is 71.7 cm³/mol. The zero-order valence-electron chi connectivity index (χ0n) is 10.7. The number of nitrogen functional groups attached to an aromatic ring is 1. The highest BCUT2D eigenvalue weighted by molar-refractivity contribution is 7.89. The summed E-state index contributed by atoms with van der Waals surface area (Å²) < 4.78 is 26.4. The first-order valence-corrected chi connectivity index (χ1v) is 7.46. The molecule has 0 radical (unpaired) electrons. The molecule has 8 nitrogen and oxygen atoms in total. The number of hydrogen-bond acceptors (Lipinski definition) is 6. The van der Waals surface area contributed by atoms with Gasteiger partial charge in [0.2, 0.25) is 10.0 Å². The van der Waals surface area contributed by atoms with Gasteiger partial charge >= 0.3 is 0 Å². The molecule has 1 aromatic rings. The topological polar surface area (TPSA) is 125 Å². The summed E-state index contributed by atoms with van der Waals surface area (Å²) in [6, 6.07) is 4.16. The first-order chi connectivity index (χ1) is 9.48. The van der Waals surface area contributed by atoms with Crippen molar-refractivity contribution in [2.75, 3.05) is 31.9 Å². The Balaban J connectivity index is 2.51. The Morgan fingerprint density at radius 3 is 2.60 bits per heavy atom. The second-order valence-corrected chi connectivity index (χ2v) is 6.22. The molecular formula is C11H16N4O4S. The molecule has 0 saturated carbocycles. The van der Waals surface area contributed by atoms with Crippen LogP contribution in [0.25, 0.3) is 0 Å². The summed E-state index contributed by atoms with van der Waals surface area (Å²) in [6.07, 6.45) is 0. The van der Waals surface area contributed by atoms with Gasteiger partial charge in [0.1, 0.15) is 0 Å². The summed E-state index contributed by atoms with van der Waals surface area (Å²) in [5.74, 6) is -0.947. The van der Waals surface area contributed by atoms with Crippen molar-refractivity contribution in [3.63, 3.8) is 0 Å². The van der Waals surface area contributed by atoms with E-state index in [9.17, 15) is 13.2 Å². The van der Waals surface area contributed by atoms with E-state index < -0.39 is 15.9 Å². The number of carbonyl (C=O) groups excluding carboxylic acids is 1. The normalized spacial score (nSPS) is 16.9. The minimum absolute atomic E-state index is 0.00670. The summed E-state index contributed by atoms with van der Waals surface area (Å²) in [7, 11) is -3.83. The van der Waals surface area contributed by atoms with Gasteiger partial charge in [-0.15, -0.1) is 0 Å². The quantitative estimate of drug-likeness (QED) is 0.322. The zero-order chi connectivity index (χ0) is 14.8. The number of amides is 1. The van der Waals surface area contributed by atoms with E-state index in [-0.39, 0.29) is 16.1 Å². The maximum absolute atomic E-state index is 12.6. The Morgan fingerprint density at radius 2 is 2.00 bits per heavy atom. The maximum Gasteiger partial charge on any atom is 0.278 e. The largest absolute Gasteiger partial charge is 0.398 e. The molecule has 1 heterocycles. The third-order valence-electron chi connectivity index (χ3n) is 3.08. The number of nitrogens with one attached hydrogen (secondary N) is 2. The van der Waals surface area contributed by atoms with Gasteiger partial charge in [0.15, 0.2) is 0 Å². The van der Waals surface area contributed by atoms with E-state index in [4.69, 9.17) is 10.9 Å². The maximum atomic E-state index is 12.6. The molecule has 2 rings (SSSR count). The van der Waals surface area contributed by atoms with E-state index in [2.05, 4.69) is 5.32 Å². The first-order valence-electron chi connectivity index (χ1n) is 6.02. The molecule has 0 bridgehead atoms. The van der Waals surface area contributed by atoms with Crippen molar-refractivity contribution < 1.29 is 18.4 Å². The Labute approximate surface area is 116 Å². The van der Waals surface area contributed by atoms with Gasteiger partial charge in [0, 0.05) is 31.9 Å². The van der Waals surface area contributed by atoms with Crippen LogP contribution in [0.5, 0.6) is 0 Å². The standard InChI is InChI=1S/C11H16N4O4S/c12-8-2-1-3-9(10(8)11(16)14-17)20(18,19)15-6-4-13-5-7-15/h1-3,13,17H,4-7,12H2,(H,14,16). The number of hydrogen-bond donors (Lipinski definition) is 4. The molecule has 0 spiro atoms. The molecule has 0 unspecified atom stereocenters. The van der Waals surface area contributed by atoms with Gasteiger partial charge in [-0.05, 0) is 12.1 Å².